The molecule has 0 bridgehead atoms. The Bertz CT molecular complexity index is 1280. The van der Waals surface area contributed by atoms with Gasteiger partial charge in [-0.25, -0.2) is 21.8 Å². The lowest BCUT2D eigenvalue weighted by molar-refractivity contribution is 0.451. The van der Waals surface area contributed by atoms with E-state index in [0.717, 1.165) is 11.3 Å². The van der Waals surface area contributed by atoms with E-state index in [9.17, 15) is 36.2 Å². The minimum atomic E-state index is -5.19. The molecule has 0 aliphatic rings. The van der Waals surface area contributed by atoms with E-state index < -0.39 is 52.6 Å². The van der Waals surface area contributed by atoms with Gasteiger partial charge in [-0.3, -0.25) is 0 Å². The summed E-state index contributed by atoms with van der Waals surface area (Å²) in [5.41, 5.74) is -0.763. The number of thiazole rings is 1. The molecule has 11 nitrogen and oxygen atoms in total. The van der Waals surface area contributed by atoms with Crippen LogP contribution in [0, 0.1) is 0 Å². The highest BCUT2D eigenvalue weighted by molar-refractivity contribution is 7.86. The number of azo groups is 1. The summed E-state index contributed by atoms with van der Waals surface area (Å²) in [6.07, 6.45) is 1.39. The zero-order chi connectivity index (χ0) is 20.0. The third kappa shape index (κ3) is 3.74. The minimum Gasteiger partial charge on any atom is -0.744 e. The number of benzene rings is 2. The van der Waals surface area contributed by atoms with E-state index in [0.29, 0.717) is 18.2 Å². The number of hydrogen-bond donors (Lipinski definition) is 2. The molecule has 14 heteroatoms. The van der Waals surface area contributed by atoms with Gasteiger partial charge >= 0.3 is 0 Å². The summed E-state index contributed by atoms with van der Waals surface area (Å²) < 4.78 is 68.1. The molecule has 0 unspecified atom stereocenters. The standard InChI is InChI=1S/C13H9N3O8S3/c17-8-5-7(26(19,20)21)3-6-4-9(27(22,23)24)11(12(18)10(6)8)15-16-13-14-1-2-25-13/h1-5,17-18H,(H,19,20,21)(H,22,23,24)/p-2. The molecule has 0 fully saturated rings. The van der Waals surface area contributed by atoms with Gasteiger partial charge < -0.3 is 19.3 Å². The normalized spacial score (nSPS) is 12.8. The van der Waals surface area contributed by atoms with Crippen LogP contribution in [0.25, 0.3) is 10.8 Å². The number of nitrogens with zero attached hydrogens (tertiary/aromatic N) is 3. The van der Waals surface area contributed by atoms with E-state index in [1.807, 2.05) is 0 Å². The second-order valence-electron chi connectivity index (χ2n) is 5.04. The summed E-state index contributed by atoms with van der Waals surface area (Å²) in [6, 6.07) is 1.98. The average molecular weight is 429 g/mol. The van der Waals surface area contributed by atoms with Crippen LogP contribution >= 0.6 is 11.3 Å². The summed E-state index contributed by atoms with van der Waals surface area (Å²) in [4.78, 5) is 1.87. The molecule has 3 rings (SSSR count). The molecule has 142 valence electrons. The monoisotopic (exact) mass is 429 g/mol. The van der Waals surface area contributed by atoms with Crippen LogP contribution in [0.4, 0.5) is 10.8 Å². The van der Waals surface area contributed by atoms with Gasteiger partial charge in [0.1, 0.15) is 31.7 Å². The quantitative estimate of drug-likeness (QED) is 0.460. The van der Waals surface area contributed by atoms with Crippen molar-refractivity contribution in [2.45, 2.75) is 9.79 Å². The van der Waals surface area contributed by atoms with Gasteiger partial charge in [0.25, 0.3) is 0 Å². The Hall–Kier alpha value is -2.65. The molecular weight excluding hydrogens is 422 g/mol. The van der Waals surface area contributed by atoms with Crippen molar-refractivity contribution in [3.8, 4) is 11.5 Å². The fourth-order valence-corrected chi connectivity index (χ4v) is 3.85. The summed E-state index contributed by atoms with van der Waals surface area (Å²) in [7, 11) is -10.2. The van der Waals surface area contributed by atoms with E-state index in [-0.39, 0.29) is 10.5 Å². The predicted molar refractivity (Wildman–Crippen MR) is 89.5 cm³/mol. The summed E-state index contributed by atoms with van der Waals surface area (Å²) in [5.74, 6) is -1.77. The highest BCUT2D eigenvalue weighted by atomic mass is 32.2. The average Bonchev–Trinajstić information content (AvgIpc) is 3.04. The molecule has 3 aromatic rings. The smallest absolute Gasteiger partial charge is 0.229 e. The van der Waals surface area contributed by atoms with Crippen LogP contribution in [0.2, 0.25) is 0 Å². The van der Waals surface area contributed by atoms with Crippen molar-refractivity contribution in [2.75, 3.05) is 0 Å². The summed E-state index contributed by atoms with van der Waals surface area (Å²) in [5, 5.41) is 28.3. The Kier molecular flexibility index (Phi) is 4.61. The van der Waals surface area contributed by atoms with Gasteiger partial charge in [-0.05, 0) is 23.6 Å². The van der Waals surface area contributed by atoms with Gasteiger partial charge in [0.2, 0.25) is 5.13 Å². The Balaban J connectivity index is 2.38. The molecular formula is C13H7N3O8S3-2. The Morgan fingerprint density at radius 2 is 1.70 bits per heavy atom. The van der Waals surface area contributed by atoms with Crippen molar-refractivity contribution < 1.29 is 36.2 Å². The number of phenolic OH excluding ortho intramolecular Hbond substituents is 2. The van der Waals surface area contributed by atoms with Crippen LogP contribution in [0.3, 0.4) is 0 Å². The predicted octanol–water partition coefficient (Wildman–Crippen LogP) is 1.93. The van der Waals surface area contributed by atoms with E-state index >= 15 is 0 Å². The third-order valence-electron chi connectivity index (χ3n) is 3.32. The second-order valence-corrected chi connectivity index (χ2v) is 8.64. The Morgan fingerprint density at radius 1 is 1.00 bits per heavy atom. The molecule has 1 aromatic heterocycles. The van der Waals surface area contributed by atoms with Crippen LogP contribution < -0.4 is 0 Å². The van der Waals surface area contributed by atoms with Gasteiger partial charge in [-0.1, -0.05) is 0 Å². The topological polar surface area (TPSA) is 192 Å². The van der Waals surface area contributed by atoms with Crippen molar-refractivity contribution in [3.63, 3.8) is 0 Å². The molecule has 0 atom stereocenters. The van der Waals surface area contributed by atoms with Gasteiger partial charge in [-0.2, -0.15) is 0 Å². The lowest BCUT2D eigenvalue weighted by Crippen LogP contribution is -2.01. The van der Waals surface area contributed by atoms with Crippen LogP contribution in [0.1, 0.15) is 0 Å². The molecule has 0 aliphatic carbocycles. The fourth-order valence-electron chi connectivity index (χ4n) is 2.23. The SMILES string of the molecule is O=S(=O)([O-])c1cc(O)c2c(O)c(N=Nc3nccs3)c(S(=O)(=O)[O-])cc2c1. The molecule has 0 radical (unpaired) electrons. The first-order valence-electron chi connectivity index (χ1n) is 6.74. The van der Waals surface area contributed by atoms with E-state index in [1.165, 1.54) is 6.20 Å². The lowest BCUT2D eigenvalue weighted by Gasteiger charge is -2.15. The number of fused-ring (bicyclic) bond motifs is 1. The maximum Gasteiger partial charge on any atom is 0.229 e. The number of aromatic nitrogens is 1. The van der Waals surface area contributed by atoms with E-state index in [2.05, 4.69) is 15.2 Å². The molecule has 0 saturated heterocycles. The Labute approximate surface area is 155 Å². The molecule has 0 aliphatic heterocycles. The van der Waals surface area contributed by atoms with Crippen molar-refractivity contribution in [1.29, 1.82) is 0 Å². The molecule has 2 aromatic carbocycles. The van der Waals surface area contributed by atoms with Crippen LogP contribution in [0.5, 0.6) is 11.5 Å². The van der Waals surface area contributed by atoms with Gasteiger partial charge in [0, 0.05) is 11.6 Å². The first kappa shape index (κ1) is 19.1. The van der Waals surface area contributed by atoms with Crippen LogP contribution in [-0.2, 0) is 20.2 Å². The number of rotatable bonds is 4. The Morgan fingerprint density at radius 3 is 2.26 bits per heavy atom. The molecule has 0 saturated carbocycles. The largest absolute Gasteiger partial charge is 0.744 e. The van der Waals surface area contributed by atoms with Gasteiger partial charge in [0.15, 0.2) is 5.75 Å². The highest BCUT2D eigenvalue weighted by Gasteiger charge is 2.21. The zero-order valence-corrected chi connectivity index (χ0v) is 15.2. The summed E-state index contributed by atoms with van der Waals surface area (Å²) in [6.45, 7) is 0. The van der Waals surface area contributed by atoms with Crippen molar-refractivity contribution in [2.24, 2.45) is 10.2 Å². The molecule has 1 heterocycles. The minimum absolute atomic E-state index is 0.0979. The van der Waals surface area contributed by atoms with Crippen molar-refractivity contribution >= 4 is 53.2 Å². The molecule has 0 amide bonds. The molecule has 27 heavy (non-hydrogen) atoms. The van der Waals surface area contributed by atoms with Gasteiger partial charge in [-0.15, -0.1) is 21.6 Å². The highest BCUT2D eigenvalue weighted by Crippen LogP contribution is 2.45. The first-order valence-corrected chi connectivity index (χ1v) is 10.4. The lowest BCUT2D eigenvalue weighted by atomic mass is 10.1. The maximum absolute atomic E-state index is 11.6. The first-order chi connectivity index (χ1) is 12.5. The molecule has 0 spiro atoms. The zero-order valence-electron chi connectivity index (χ0n) is 12.8. The number of aromatic hydroxyl groups is 2. The van der Waals surface area contributed by atoms with E-state index in [4.69, 9.17) is 0 Å². The van der Waals surface area contributed by atoms with Crippen molar-refractivity contribution in [3.05, 3.63) is 29.8 Å². The van der Waals surface area contributed by atoms with E-state index in [1.54, 1.807) is 5.38 Å². The fraction of sp³-hybridized carbons (Fsp3) is 0. The second kappa shape index (κ2) is 6.50. The van der Waals surface area contributed by atoms with Crippen molar-refractivity contribution in [1.82, 2.24) is 4.98 Å². The van der Waals surface area contributed by atoms with Crippen LogP contribution in [-0.4, -0.2) is 41.1 Å². The maximum atomic E-state index is 11.6. The third-order valence-corrected chi connectivity index (χ3v) is 5.63. The number of hydrogen-bond acceptors (Lipinski definition) is 12. The number of phenols is 2. The van der Waals surface area contributed by atoms with Crippen LogP contribution in [0.15, 0.2) is 49.8 Å². The van der Waals surface area contributed by atoms with Gasteiger partial charge in [0.05, 0.1) is 15.2 Å². The molecule has 2 N–H and O–H groups in total. The summed E-state index contributed by atoms with van der Waals surface area (Å²) >= 11 is 1.04.